The van der Waals surface area contributed by atoms with Crippen molar-refractivity contribution in [2.45, 2.75) is 38.6 Å². The van der Waals surface area contributed by atoms with Crippen molar-refractivity contribution in [1.82, 2.24) is 15.3 Å². The van der Waals surface area contributed by atoms with Crippen LogP contribution in [0, 0.1) is 12.8 Å². The molecule has 1 aromatic heterocycles. The topological polar surface area (TPSA) is 63.8 Å². The Kier molecular flexibility index (Phi) is 4.45. The van der Waals surface area contributed by atoms with Crippen molar-refractivity contribution in [2.24, 2.45) is 11.7 Å². The van der Waals surface area contributed by atoms with Crippen molar-refractivity contribution >= 4 is 0 Å². The van der Waals surface area contributed by atoms with Crippen LogP contribution in [-0.4, -0.2) is 23.1 Å². The summed E-state index contributed by atoms with van der Waals surface area (Å²) in [5.41, 5.74) is 6.90. The molecule has 0 aliphatic heterocycles. The van der Waals surface area contributed by atoms with Crippen LogP contribution in [0.5, 0.6) is 0 Å². The molecule has 4 heteroatoms. The van der Waals surface area contributed by atoms with Crippen LogP contribution in [0.3, 0.4) is 0 Å². The van der Waals surface area contributed by atoms with Crippen molar-refractivity contribution < 1.29 is 0 Å². The van der Waals surface area contributed by atoms with Gasteiger partial charge in [0.15, 0.2) is 0 Å². The monoisotopic (exact) mass is 234 g/mol. The van der Waals surface area contributed by atoms with E-state index in [-0.39, 0.29) is 6.04 Å². The summed E-state index contributed by atoms with van der Waals surface area (Å²) in [5.74, 6) is 1.63. The van der Waals surface area contributed by atoms with Gasteiger partial charge < -0.3 is 11.1 Å². The third kappa shape index (κ3) is 3.48. The lowest BCUT2D eigenvalue weighted by molar-refractivity contribution is 0.440. The molecule has 17 heavy (non-hydrogen) atoms. The molecular weight excluding hydrogens is 212 g/mol. The molecule has 0 saturated heterocycles. The minimum absolute atomic E-state index is 0.191. The van der Waals surface area contributed by atoms with E-state index >= 15 is 0 Å². The first-order chi connectivity index (χ1) is 8.29. The van der Waals surface area contributed by atoms with E-state index in [1.165, 1.54) is 25.7 Å². The summed E-state index contributed by atoms with van der Waals surface area (Å²) in [6.07, 6.45) is 9.23. The predicted octanol–water partition coefficient (Wildman–Crippen LogP) is 1.56. The summed E-state index contributed by atoms with van der Waals surface area (Å²) in [6, 6.07) is 0.191. The van der Waals surface area contributed by atoms with E-state index in [0.29, 0.717) is 6.54 Å². The SMILES string of the molecule is Cc1ncc(C(CN)NCC2CCCC2)cn1. The maximum atomic E-state index is 5.81. The number of aryl methyl sites for hydroxylation is 1. The summed E-state index contributed by atoms with van der Waals surface area (Å²) in [5, 5.41) is 3.54. The van der Waals surface area contributed by atoms with Crippen molar-refractivity contribution in [3.05, 3.63) is 23.8 Å². The third-order valence-corrected chi connectivity index (χ3v) is 3.57. The average molecular weight is 234 g/mol. The van der Waals surface area contributed by atoms with Crippen molar-refractivity contribution in [3.63, 3.8) is 0 Å². The molecule has 3 N–H and O–H groups in total. The smallest absolute Gasteiger partial charge is 0.125 e. The molecule has 1 atom stereocenters. The standard InChI is InChI=1S/C13H22N4/c1-10-15-8-12(9-16-10)13(6-14)17-7-11-4-2-3-5-11/h8-9,11,13,17H,2-7,14H2,1H3. The number of nitrogens with zero attached hydrogens (tertiary/aromatic N) is 2. The molecule has 0 amide bonds. The number of hydrogen-bond acceptors (Lipinski definition) is 4. The minimum atomic E-state index is 0.191. The van der Waals surface area contributed by atoms with Gasteiger partial charge in [0.05, 0.1) is 0 Å². The van der Waals surface area contributed by atoms with Crippen molar-refractivity contribution in [2.75, 3.05) is 13.1 Å². The average Bonchev–Trinajstić information content (AvgIpc) is 2.85. The van der Waals surface area contributed by atoms with Crippen LogP contribution < -0.4 is 11.1 Å². The van der Waals surface area contributed by atoms with Crippen LogP contribution >= 0.6 is 0 Å². The second-order valence-corrected chi connectivity index (χ2v) is 4.91. The lowest BCUT2D eigenvalue weighted by atomic mass is 10.1. The summed E-state index contributed by atoms with van der Waals surface area (Å²) in [4.78, 5) is 8.44. The van der Waals surface area contributed by atoms with Gasteiger partial charge in [0, 0.05) is 30.5 Å². The number of nitrogens with two attached hydrogens (primary N) is 1. The van der Waals surface area contributed by atoms with E-state index in [0.717, 1.165) is 23.9 Å². The quantitative estimate of drug-likeness (QED) is 0.811. The van der Waals surface area contributed by atoms with Crippen LogP contribution in [-0.2, 0) is 0 Å². The van der Waals surface area contributed by atoms with Crippen LogP contribution in [0.15, 0.2) is 12.4 Å². The van der Waals surface area contributed by atoms with E-state index in [1.54, 1.807) is 0 Å². The van der Waals surface area contributed by atoms with E-state index in [9.17, 15) is 0 Å². The number of aromatic nitrogens is 2. The Morgan fingerprint density at radius 2 is 2.00 bits per heavy atom. The summed E-state index contributed by atoms with van der Waals surface area (Å²) in [7, 11) is 0. The molecule has 0 bridgehead atoms. The summed E-state index contributed by atoms with van der Waals surface area (Å²) >= 11 is 0. The molecule has 0 radical (unpaired) electrons. The molecule has 1 aliphatic rings. The second-order valence-electron chi connectivity index (χ2n) is 4.91. The van der Waals surface area contributed by atoms with Crippen molar-refractivity contribution in [3.8, 4) is 0 Å². The molecule has 1 aromatic rings. The predicted molar refractivity (Wildman–Crippen MR) is 68.5 cm³/mol. The Morgan fingerprint density at radius 3 is 2.59 bits per heavy atom. The van der Waals surface area contributed by atoms with Gasteiger partial charge in [-0.2, -0.15) is 0 Å². The summed E-state index contributed by atoms with van der Waals surface area (Å²) in [6.45, 7) is 3.56. The molecule has 2 rings (SSSR count). The summed E-state index contributed by atoms with van der Waals surface area (Å²) < 4.78 is 0. The van der Waals surface area contributed by atoms with E-state index in [1.807, 2.05) is 19.3 Å². The molecule has 4 nitrogen and oxygen atoms in total. The zero-order chi connectivity index (χ0) is 12.1. The fraction of sp³-hybridized carbons (Fsp3) is 0.692. The van der Waals surface area contributed by atoms with Gasteiger partial charge in [-0.1, -0.05) is 12.8 Å². The molecular formula is C13H22N4. The highest BCUT2D eigenvalue weighted by molar-refractivity contribution is 5.11. The second kappa shape index (κ2) is 6.07. The fourth-order valence-electron chi connectivity index (χ4n) is 2.44. The van der Waals surface area contributed by atoms with Gasteiger partial charge in [-0.25, -0.2) is 9.97 Å². The van der Waals surface area contributed by atoms with Crippen LogP contribution in [0.2, 0.25) is 0 Å². The van der Waals surface area contributed by atoms with Gasteiger partial charge >= 0.3 is 0 Å². The highest BCUT2D eigenvalue weighted by Gasteiger charge is 2.17. The Bertz CT molecular complexity index is 330. The molecule has 1 heterocycles. The molecule has 0 spiro atoms. The van der Waals surface area contributed by atoms with Crippen LogP contribution in [0.25, 0.3) is 0 Å². The zero-order valence-electron chi connectivity index (χ0n) is 10.5. The van der Waals surface area contributed by atoms with E-state index in [4.69, 9.17) is 5.73 Å². The van der Waals surface area contributed by atoms with Crippen molar-refractivity contribution in [1.29, 1.82) is 0 Å². The lowest BCUT2D eigenvalue weighted by Gasteiger charge is -2.19. The largest absolute Gasteiger partial charge is 0.329 e. The van der Waals surface area contributed by atoms with Gasteiger partial charge in [0.25, 0.3) is 0 Å². The molecule has 0 aromatic carbocycles. The molecule has 94 valence electrons. The number of nitrogens with one attached hydrogen (secondary N) is 1. The van der Waals surface area contributed by atoms with Gasteiger partial charge in [-0.05, 0) is 32.2 Å². The van der Waals surface area contributed by atoms with E-state index in [2.05, 4.69) is 15.3 Å². The highest BCUT2D eigenvalue weighted by Crippen LogP contribution is 2.24. The Morgan fingerprint density at radius 1 is 1.35 bits per heavy atom. The first-order valence-corrected chi connectivity index (χ1v) is 6.51. The Balaban J connectivity index is 1.89. The number of rotatable bonds is 5. The molecule has 1 fully saturated rings. The Labute approximate surface area is 103 Å². The molecule has 1 saturated carbocycles. The van der Waals surface area contributed by atoms with Gasteiger partial charge in [-0.15, -0.1) is 0 Å². The van der Waals surface area contributed by atoms with Gasteiger partial charge in [0.2, 0.25) is 0 Å². The zero-order valence-corrected chi connectivity index (χ0v) is 10.5. The molecule has 1 aliphatic carbocycles. The van der Waals surface area contributed by atoms with Crippen LogP contribution in [0.1, 0.15) is 43.1 Å². The number of hydrogen-bond donors (Lipinski definition) is 2. The lowest BCUT2D eigenvalue weighted by Crippen LogP contribution is -2.31. The Hall–Kier alpha value is -1.00. The fourth-order valence-corrected chi connectivity index (χ4v) is 2.44. The maximum absolute atomic E-state index is 5.81. The normalized spacial score (nSPS) is 18.5. The minimum Gasteiger partial charge on any atom is -0.329 e. The first kappa shape index (κ1) is 12.5. The van der Waals surface area contributed by atoms with Gasteiger partial charge in [-0.3, -0.25) is 0 Å². The highest BCUT2D eigenvalue weighted by atomic mass is 15.0. The molecule has 1 unspecified atom stereocenters. The maximum Gasteiger partial charge on any atom is 0.125 e. The van der Waals surface area contributed by atoms with E-state index < -0.39 is 0 Å². The van der Waals surface area contributed by atoms with Gasteiger partial charge in [0.1, 0.15) is 5.82 Å². The third-order valence-electron chi connectivity index (χ3n) is 3.57. The first-order valence-electron chi connectivity index (χ1n) is 6.51. The van der Waals surface area contributed by atoms with Crippen LogP contribution in [0.4, 0.5) is 0 Å².